The van der Waals surface area contributed by atoms with E-state index in [0.717, 1.165) is 18.7 Å². The second-order valence-electron chi connectivity index (χ2n) is 9.93. The van der Waals surface area contributed by atoms with Crippen LogP contribution in [0.4, 0.5) is 0 Å². The molecule has 0 aliphatic rings. The third kappa shape index (κ3) is 8.85. The molecule has 1 aromatic carbocycles. The Bertz CT molecular complexity index is 998. The molecule has 36 heavy (non-hydrogen) atoms. The Morgan fingerprint density at radius 2 is 1.72 bits per heavy atom. The lowest BCUT2D eigenvalue weighted by Crippen LogP contribution is -2.47. The molecule has 0 radical (unpaired) electrons. The summed E-state index contributed by atoms with van der Waals surface area (Å²) in [6, 6.07) is 12.4. The quantitative estimate of drug-likeness (QED) is 0.352. The van der Waals surface area contributed by atoms with Gasteiger partial charge >= 0.3 is 5.97 Å². The zero-order valence-corrected chi connectivity index (χ0v) is 22.8. The normalized spacial score (nSPS) is 11.9. The second-order valence-corrected chi connectivity index (χ2v) is 9.93. The number of nitrogens with zero attached hydrogens (tertiary/aromatic N) is 3. The highest BCUT2D eigenvalue weighted by Crippen LogP contribution is 2.17. The Hall–Kier alpha value is -3.09. The summed E-state index contributed by atoms with van der Waals surface area (Å²) in [5.74, 6) is -0.264. The molecule has 0 aliphatic carbocycles. The van der Waals surface area contributed by atoms with Crippen LogP contribution in [0.15, 0.2) is 42.6 Å². The molecule has 0 saturated carbocycles. The molecule has 0 spiro atoms. The van der Waals surface area contributed by atoms with Crippen LogP contribution in [0.3, 0.4) is 0 Å². The molecule has 0 bridgehead atoms. The SMILES string of the molecule is CCC(C)N(Cc1cccn1Cc1ccccc1C)C(=O)CN(CC(C)C)C(=O)CCCC(=O)OC. The Kier molecular flexibility index (Phi) is 11.7. The summed E-state index contributed by atoms with van der Waals surface area (Å²) >= 11 is 0. The van der Waals surface area contributed by atoms with E-state index in [-0.39, 0.29) is 49.1 Å². The van der Waals surface area contributed by atoms with Crippen LogP contribution >= 0.6 is 0 Å². The van der Waals surface area contributed by atoms with Crippen LogP contribution in [0.25, 0.3) is 0 Å². The highest BCUT2D eigenvalue weighted by atomic mass is 16.5. The number of esters is 1. The van der Waals surface area contributed by atoms with Crippen molar-refractivity contribution >= 4 is 17.8 Å². The molecule has 1 unspecified atom stereocenters. The van der Waals surface area contributed by atoms with Crippen molar-refractivity contribution in [1.82, 2.24) is 14.4 Å². The Morgan fingerprint density at radius 1 is 1.00 bits per heavy atom. The maximum Gasteiger partial charge on any atom is 0.305 e. The lowest BCUT2D eigenvalue weighted by molar-refractivity contribution is -0.143. The van der Waals surface area contributed by atoms with Gasteiger partial charge in [0.15, 0.2) is 0 Å². The second kappa shape index (κ2) is 14.5. The molecule has 7 nitrogen and oxygen atoms in total. The van der Waals surface area contributed by atoms with Crippen molar-refractivity contribution in [3.05, 3.63) is 59.4 Å². The zero-order chi connectivity index (χ0) is 26.7. The lowest BCUT2D eigenvalue weighted by Gasteiger charge is -2.32. The molecule has 198 valence electrons. The van der Waals surface area contributed by atoms with Gasteiger partial charge in [0.05, 0.1) is 20.2 Å². The first-order valence-electron chi connectivity index (χ1n) is 13.0. The molecular formula is C29H43N3O4. The fraction of sp³-hybridized carbons (Fsp3) is 0.552. The van der Waals surface area contributed by atoms with Gasteiger partial charge in [-0.05, 0) is 55.9 Å². The van der Waals surface area contributed by atoms with Gasteiger partial charge in [-0.25, -0.2) is 0 Å². The number of carbonyl (C=O) groups excluding carboxylic acids is 3. The summed E-state index contributed by atoms with van der Waals surface area (Å²) in [5.41, 5.74) is 3.55. The van der Waals surface area contributed by atoms with E-state index < -0.39 is 0 Å². The minimum atomic E-state index is -0.328. The van der Waals surface area contributed by atoms with Crippen molar-refractivity contribution in [2.75, 3.05) is 20.2 Å². The largest absolute Gasteiger partial charge is 0.469 e. The summed E-state index contributed by atoms with van der Waals surface area (Å²) in [5, 5.41) is 0. The van der Waals surface area contributed by atoms with E-state index >= 15 is 0 Å². The molecule has 0 N–H and O–H groups in total. The first kappa shape index (κ1) is 29.1. The monoisotopic (exact) mass is 497 g/mol. The number of ether oxygens (including phenoxy) is 1. The summed E-state index contributed by atoms with van der Waals surface area (Å²) < 4.78 is 6.86. The highest BCUT2D eigenvalue weighted by Gasteiger charge is 2.25. The fourth-order valence-corrected chi connectivity index (χ4v) is 4.20. The van der Waals surface area contributed by atoms with Crippen LogP contribution in [0.5, 0.6) is 0 Å². The van der Waals surface area contributed by atoms with E-state index in [2.05, 4.69) is 54.5 Å². The number of aromatic nitrogens is 1. The molecule has 0 aliphatic heterocycles. The molecule has 2 amide bonds. The average molecular weight is 498 g/mol. The molecule has 0 saturated heterocycles. The summed E-state index contributed by atoms with van der Waals surface area (Å²) in [4.78, 5) is 41.5. The van der Waals surface area contributed by atoms with Crippen molar-refractivity contribution in [2.24, 2.45) is 5.92 Å². The van der Waals surface area contributed by atoms with Crippen molar-refractivity contribution < 1.29 is 19.1 Å². The molecule has 7 heteroatoms. The predicted octanol–water partition coefficient (Wildman–Crippen LogP) is 4.80. The number of benzene rings is 1. The van der Waals surface area contributed by atoms with Crippen LogP contribution in [0, 0.1) is 12.8 Å². The molecule has 1 aromatic heterocycles. The van der Waals surface area contributed by atoms with Crippen LogP contribution in [0.2, 0.25) is 0 Å². The van der Waals surface area contributed by atoms with Crippen LogP contribution < -0.4 is 0 Å². The number of methoxy groups -OCH3 is 1. The van der Waals surface area contributed by atoms with Gasteiger partial charge in [-0.2, -0.15) is 0 Å². The number of carbonyl (C=O) groups is 3. The lowest BCUT2D eigenvalue weighted by atomic mass is 10.1. The zero-order valence-electron chi connectivity index (χ0n) is 22.8. The van der Waals surface area contributed by atoms with E-state index in [1.165, 1.54) is 18.2 Å². The van der Waals surface area contributed by atoms with Crippen molar-refractivity contribution in [3.8, 4) is 0 Å². The van der Waals surface area contributed by atoms with Crippen LogP contribution in [-0.2, 0) is 32.2 Å². The van der Waals surface area contributed by atoms with Gasteiger partial charge < -0.3 is 19.1 Å². The van der Waals surface area contributed by atoms with Gasteiger partial charge in [0.2, 0.25) is 11.8 Å². The molecule has 2 rings (SSSR count). The van der Waals surface area contributed by atoms with E-state index in [1.54, 1.807) is 4.90 Å². The Balaban J connectivity index is 2.15. The Morgan fingerprint density at radius 3 is 2.36 bits per heavy atom. The van der Waals surface area contributed by atoms with Gasteiger partial charge in [-0.15, -0.1) is 0 Å². The summed E-state index contributed by atoms with van der Waals surface area (Å²) in [6.45, 7) is 12.1. The smallest absolute Gasteiger partial charge is 0.305 e. The first-order chi connectivity index (χ1) is 17.2. The molecule has 1 heterocycles. The maximum atomic E-state index is 13.6. The number of aryl methyl sites for hydroxylation is 1. The van der Waals surface area contributed by atoms with E-state index in [0.29, 0.717) is 19.5 Å². The van der Waals surface area contributed by atoms with Crippen molar-refractivity contribution in [3.63, 3.8) is 0 Å². The number of hydrogen-bond acceptors (Lipinski definition) is 4. The summed E-state index contributed by atoms with van der Waals surface area (Å²) in [7, 11) is 1.34. The number of amides is 2. The number of rotatable bonds is 14. The van der Waals surface area contributed by atoms with Crippen molar-refractivity contribution in [1.29, 1.82) is 0 Å². The highest BCUT2D eigenvalue weighted by molar-refractivity contribution is 5.85. The van der Waals surface area contributed by atoms with Crippen molar-refractivity contribution in [2.45, 2.75) is 79.4 Å². The van der Waals surface area contributed by atoms with Crippen LogP contribution in [0.1, 0.15) is 70.2 Å². The number of hydrogen-bond donors (Lipinski definition) is 0. The fourth-order valence-electron chi connectivity index (χ4n) is 4.20. The third-order valence-corrected chi connectivity index (χ3v) is 6.56. The van der Waals surface area contributed by atoms with Gasteiger partial charge in [0, 0.05) is 43.9 Å². The minimum absolute atomic E-state index is 0.0367. The molecular weight excluding hydrogens is 454 g/mol. The van der Waals surface area contributed by atoms with E-state index in [1.807, 2.05) is 36.9 Å². The molecule has 1 atom stereocenters. The van der Waals surface area contributed by atoms with E-state index in [4.69, 9.17) is 0 Å². The minimum Gasteiger partial charge on any atom is -0.469 e. The predicted molar refractivity (Wildman–Crippen MR) is 142 cm³/mol. The Labute approximate surface area is 216 Å². The molecule has 0 fully saturated rings. The summed E-state index contributed by atoms with van der Waals surface area (Å²) in [6.07, 6.45) is 3.70. The van der Waals surface area contributed by atoms with E-state index in [9.17, 15) is 14.4 Å². The van der Waals surface area contributed by atoms with Crippen LogP contribution in [-0.4, -0.2) is 58.4 Å². The first-order valence-corrected chi connectivity index (χ1v) is 13.0. The molecule has 2 aromatic rings. The maximum absolute atomic E-state index is 13.6. The van der Waals surface area contributed by atoms with Gasteiger partial charge in [-0.3, -0.25) is 14.4 Å². The van der Waals surface area contributed by atoms with Gasteiger partial charge in [0.25, 0.3) is 0 Å². The van der Waals surface area contributed by atoms with Gasteiger partial charge in [0.1, 0.15) is 0 Å². The average Bonchev–Trinajstić information content (AvgIpc) is 3.28. The van der Waals surface area contributed by atoms with Gasteiger partial charge in [-0.1, -0.05) is 45.0 Å². The standard InChI is InChI=1S/C29H43N3O4/c1-7-24(5)32(20-26-14-11-17-30(26)19-25-13-9-8-12-23(25)4)28(34)21-31(18-22(2)3)27(33)15-10-16-29(35)36-6/h8-9,11-14,17,22,24H,7,10,15-16,18-21H2,1-6H3. The third-order valence-electron chi connectivity index (χ3n) is 6.56. The topological polar surface area (TPSA) is 71.9 Å².